The Morgan fingerprint density at radius 3 is 2.56 bits per heavy atom. The molecule has 0 saturated heterocycles. The van der Waals surface area contributed by atoms with Crippen molar-refractivity contribution < 1.29 is 4.79 Å². The first-order valence-corrected chi connectivity index (χ1v) is 5.48. The van der Waals surface area contributed by atoms with Gasteiger partial charge in [-0.1, -0.05) is 36.4 Å². The highest BCUT2D eigenvalue weighted by atomic mass is 16.1. The highest BCUT2D eigenvalue weighted by molar-refractivity contribution is 6.11. The van der Waals surface area contributed by atoms with Gasteiger partial charge in [0.1, 0.15) is 0 Å². The van der Waals surface area contributed by atoms with Crippen molar-refractivity contribution in [3.8, 4) is 0 Å². The molecular formula is C15H11O. The van der Waals surface area contributed by atoms with Crippen molar-refractivity contribution in [3.05, 3.63) is 70.8 Å². The van der Waals surface area contributed by atoms with Crippen LogP contribution in [0.2, 0.25) is 0 Å². The molecule has 0 unspecified atom stereocenters. The fourth-order valence-corrected chi connectivity index (χ4v) is 2.27. The Hall–Kier alpha value is -1.89. The summed E-state index contributed by atoms with van der Waals surface area (Å²) in [7, 11) is 0. The zero-order chi connectivity index (χ0) is 11.0. The minimum atomic E-state index is 0.139. The molecule has 0 fully saturated rings. The van der Waals surface area contributed by atoms with E-state index in [-0.39, 0.29) is 5.78 Å². The maximum atomic E-state index is 12.3. The Kier molecular flexibility index (Phi) is 2.10. The molecule has 1 heteroatoms. The molecule has 0 N–H and O–H groups in total. The number of fused-ring (bicyclic) bond motifs is 2. The van der Waals surface area contributed by atoms with Crippen LogP contribution in [0, 0.1) is 6.07 Å². The van der Waals surface area contributed by atoms with Crippen LogP contribution < -0.4 is 0 Å². The minimum absolute atomic E-state index is 0.139. The van der Waals surface area contributed by atoms with Crippen LogP contribution in [-0.4, -0.2) is 5.78 Å². The van der Waals surface area contributed by atoms with Gasteiger partial charge in [-0.25, -0.2) is 0 Å². The van der Waals surface area contributed by atoms with Gasteiger partial charge >= 0.3 is 0 Å². The molecule has 0 amide bonds. The van der Waals surface area contributed by atoms with Crippen molar-refractivity contribution in [2.24, 2.45) is 0 Å². The van der Waals surface area contributed by atoms with Crippen LogP contribution >= 0.6 is 0 Å². The molecular weight excluding hydrogens is 196 g/mol. The first kappa shape index (κ1) is 9.34. The third-order valence-electron chi connectivity index (χ3n) is 3.12. The average Bonchev–Trinajstić information content (AvgIpc) is 2.49. The molecule has 1 nitrogen and oxygen atoms in total. The summed E-state index contributed by atoms with van der Waals surface area (Å²) in [6.45, 7) is 0. The molecule has 1 radical (unpaired) electrons. The third kappa shape index (κ3) is 1.36. The molecule has 2 aromatic carbocycles. The van der Waals surface area contributed by atoms with E-state index in [2.05, 4.69) is 6.07 Å². The van der Waals surface area contributed by atoms with Crippen molar-refractivity contribution >= 4 is 5.78 Å². The van der Waals surface area contributed by atoms with Gasteiger partial charge in [0.25, 0.3) is 0 Å². The number of ketones is 1. The molecule has 3 rings (SSSR count). The van der Waals surface area contributed by atoms with Gasteiger partial charge in [0.05, 0.1) is 0 Å². The molecule has 77 valence electrons. The number of hydrogen-bond donors (Lipinski definition) is 0. The number of benzene rings is 2. The second kappa shape index (κ2) is 3.60. The molecule has 0 heterocycles. The second-order valence-corrected chi connectivity index (χ2v) is 4.07. The molecule has 1 aliphatic rings. The van der Waals surface area contributed by atoms with E-state index in [0.717, 1.165) is 35.1 Å². The Morgan fingerprint density at radius 2 is 1.69 bits per heavy atom. The molecule has 1 aliphatic carbocycles. The maximum Gasteiger partial charge on any atom is 0.193 e. The van der Waals surface area contributed by atoms with Gasteiger partial charge in [-0.05, 0) is 36.1 Å². The zero-order valence-electron chi connectivity index (χ0n) is 8.86. The Balaban J connectivity index is 2.22. The second-order valence-electron chi connectivity index (χ2n) is 4.07. The minimum Gasteiger partial charge on any atom is -0.289 e. The smallest absolute Gasteiger partial charge is 0.193 e. The van der Waals surface area contributed by atoms with Gasteiger partial charge < -0.3 is 0 Å². The monoisotopic (exact) mass is 207 g/mol. The van der Waals surface area contributed by atoms with Gasteiger partial charge in [-0.3, -0.25) is 4.79 Å². The highest BCUT2D eigenvalue weighted by Gasteiger charge is 2.19. The van der Waals surface area contributed by atoms with Crippen LogP contribution in [0.4, 0.5) is 0 Å². The first-order valence-electron chi connectivity index (χ1n) is 5.48. The van der Waals surface area contributed by atoms with E-state index in [1.807, 2.05) is 36.4 Å². The lowest BCUT2D eigenvalue weighted by molar-refractivity contribution is 0.103. The normalized spacial score (nSPS) is 13.9. The summed E-state index contributed by atoms with van der Waals surface area (Å²) in [6, 6.07) is 16.6. The summed E-state index contributed by atoms with van der Waals surface area (Å²) in [6.07, 6.45) is 1.88. The predicted octanol–water partition coefficient (Wildman–Crippen LogP) is 2.82. The molecule has 16 heavy (non-hydrogen) atoms. The SMILES string of the molecule is O=C1c2c[c]ccc2CCc2ccccc21. The van der Waals surface area contributed by atoms with Crippen molar-refractivity contribution in [2.45, 2.75) is 12.8 Å². The summed E-state index contributed by atoms with van der Waals surface area (Å²) < 4.78 is 0. The van der Waals surface area contributed by atoms with Gasteiger partial charge in [-0.2, -0.15) is 0 Å². The Morgan fingerprint density at radius 1 is 0.938 bits per heavy atom. The fraction of sp³-hybridized carbons (Fsp3) is 0.133. The van der Waals surface area contributed by atoms with Crippen LogP contribution in [-0.2, 0) is 12.8 Å². The quantitative estimate of drug-likeness (QED) is 0.649. The van der Waals surface area contributed by atoms with E-state index < -0.39 is 0 Å². The summed E-state index contributed by atoms with van der Waals surface area (Å²) in [5.74, 6) is 0.139. The lowest BCUT2D eigenvalue weighted by Gasteiger charge is -2.03. The molecule has 0 aromatic heterocycles. The number of rotatable bonds is 0. The lowest BCUT2D eigenvalue weighted by atomic mass is 9.99. The van der Waals surface area contributed by atoms with Crippen molar-refractivity contribution in [3.63, 3.8) is 0 Å². The van der Waals surface area contributed by atoms with Crippen molar-refractivity contribution in [1.29, 1.82) is 0 Å². The number of hydrogen-bond acceptors (Lipinski definition) is 1. The lowest BCUT2D eigenvalue weighted by Crippen LogP contribution is -2.03. The van der Waals surface area contributed by atoms with Gasteiger partial charge in [0.2, 0.25) is 0 Å². The largest absolute Gasteiger partial charge is 0.289 e. The molecule has 0 spiro atoms. The molecule has 0 aliphatic heterocycles. The fourth-order valence-electron chi connectivity index (χ4n) is 2.27. The van der Waals surface area contributed by atoms with Crippen LogP contribution in [0.5, 0.6) is 0 Å². The van der Waals surface area contributed by atoms with Crippen molar-refractivity contribution in [1.82, 2.24) is 0 Å². The number of carbonyl (C=O) groups excluding carboxylic acids is 1. The van der Waals surface area contributed by atoms with E-state index in [9.17, 15) is 4.79 Å². The van der Waals surface area contributed by atoms with Crippen LogP contribution in [0.3, 0.4) is 0 Å². The van der Waals surface area contributed by atoms with Crippen LogP contribution in [0.25, 0.3) is 0 Å². The van der Waals surface area contributed by atoms with Gasteiger partial charge in [0, 0.05) is 11.1 Å². The predicted molar refractivity (Wildman–Crippen MR) is 62.6 cm³/mol. The number of aryl methyl sites for hydroxylation is 2. The molecule has 0 atom stereocenters. The zero-order valence-corrected chi connectivity index (χ0v) is 8.86. The van der Waals surface area contributed by atoms with E-state index in [0.29, 0.717) is 0 Å². The van der Waals surface area contributed by atoms with E-state index >= 15 is 0 Å². The Bertz CT molecular complexity index is 505. The maximum absolute atomic E-state index is 12.3. The van der Waals surface area contributed by atoms with Gasteiger partial charge in [-0.15, -0.1) is 0 Å². The van der Waals surface area contributed by atoms with Crippen LogP contribution in [0.15, 0.2) is 42.5 Å². The average molecular weight is 207 g/mol. The Labute approximate surface area is 94.7 Å². The highest BCUT2D eigenvalue weighted by Crippen LogP contribution is 2.23. The molecule has 0 bridgehead atoms. The molecule has 0 saturated carbocycles. The van der Waals surface area contributed by atoms with Gasteiger partial charge in [0.15, 0.2) is 5.78 Å². The van der Waals surface area contributed by atoms with E-state index in [4.69, 9.17) is 0 Å². The summed E-state index contributed by atoms with van der Waals surface area (Å²) in [4.78, 5) is 12.3. The van der Waals surface area contributed by atoms with Crippen molar-refractivity contribution in [2.75, 3.05) is 0 Å². The number of carbonyl (C=O) groups is 1. The molecule has 2 aromatic rings. The third-order valence-corrected chi connectivity index (χ3v) is 3.12. The summed E-state index contributed by atoms with van der Waals surface area (Å²) in [5, 5.41) is 0. The van der Waals surface area contributed by atoms with E-state index in [1.165, 1.54) is 0 Å². The standard InChI is InChI=1S/C15H11O/c16-15-13-7-3-1-5-11(13)9-10-12-6-2-4-8-14(12)15/h1-3,5-8H,9-10H2. The van der Waals surface area contributed by atoms with E-state index in [1.54, 1.807) is 6.07 Å². The van der Waals surface area contributed by atoms with Crippen LogP contribution in [0.1, 0.15) is 27.0 Å². The first-order chi connectivity index (χ1) is 7.86. The summed E-state index contributed by atoms with van der Waals surface area (Å²) >= 11 is 0. The summed E-state index contributed by atoms with van der Waals surface area (Å²) in [5.41, 5.74) is 3.96. The topological polar surface area (TPSA) is 17.1 Å².